The lowest BCUT2D eigenvalue weighted by Crippen LogP contribution is -2.45. The normalized spacial score (nSPS) is 30.0. The fourth-order valence-corrected chi connectivity index (χ4v) is 5.10. The van der Waals surface area contributed by atoms with Crippen molar-refractivity contribution in [3.8, 4) is 5.75 Å². The van der Waals surface area contributed by atoms with Gasteiger partial charge >= 0.3 is 7.12 Å². The molecular formula is C20H24BNO6. The van der Waals surface area contributed by atoms with Crippen molar-refractivity contribution in [1.82, 2.24) is 4.90 Å². The minimum absolute atomic E-state index is 0.221. The van der Waals surface area contributed by atoms with Crippen molar-refractivity contribution in [2.45, 2.75) is 32.8 Å². The second kappa shape index (κ2) is 6.72. The summed E-state index contributed by atoms with van der Waals surface area (Å²) in [7, 11) is 0.247. The summed E-state index contributed by atoms with van der Waals surface area (Å²) >= 11 is 0. The van der Waals surface area contributed by atoms with Crippen LogP contribution in [0.4, 0.5) is 0 Å². The summed E-state index contributed by atoms with van der Waals surface area (Å²) in [6.07, 6.45) is 0.215. The second-order valence-electron chi connectivity index (χ2n) is 8.11. The monoisotopic (exact) mass is 385 g/mol. The minimum Gasteiger partial charge on any atom is -0.507 e. The van der Waals surface area contributed by atoms with Crippen LogP contribution in [0, 0.1) is 31.6 Å². The van der Waals surface area contributed by atoms with Gasteiger partial charge in [0.15, 0.2) is 0 Å². The topological polar surface area (TPSA) is 107 Å². The molecule has 2 aliphatic heterocycles. The van der Waals surface area contributed by atoms with Gasteiger partial charge in [-0.25, -0.2) is 0 Å². The number of phenols is 1. The molecule has 148 valence electrons. The van der Waals surface area contributed by atoms with E-state index in [9.17, 15) is 24.8 Å². The van der Waals surface area contributed by atoms with Gasteiger partial charge in [-0.1, -0.05) is 0 Å². The van der Waals surface area contributed by atoms with Crippen LogP contribution in [0.25, 0.3) is 0 Å². The number of aliphatic hydroxyl groups is 1. The van der Waals surface area contributed by atoms with Crippen LogP contribution in [-0.4, -0.2) is 52.7 Å². The number of rotatable bonds is 2. The van der Waals surface area contributed by atoms with Crippen LogP contribution in [0.5, 0.6) is 5.75 Å². The molecule has 4 atom stereocenters. The molecule has 0 bridgehead atoms. The molecule has 0 spiro atoms. The van der Waals surface area contributed by atoms with E-state index >= 15 is 0 Å². The number of amides is 2. The quantitative estimate of drug-likeness (QED) is 0.519. The average molecular weight is 385 g/mol. The van der Waals surface area contributed by atoms with Gasteiger partial charge in [-0.05, 0) is 72.5 Å². The summed E-state index contributed by atoms with van der Waals surface area (Å²) in [6.45, 7) is 3.32. The molecule has 2 heterocycles. The fraction of sp³-hybridized carbons (Fsp3) is 0.500. The lowest BCUT2D eigenvalue weighted by molar-refractivity contribution is -0.138. The molecule has 0 aromatic heterocycles. The van der Waals surface area contributed by atoms with Crippen molar-refractivity contribution in [2.24, 2.45) is 17.8 Å². The van der Waals surface area contributed by atoms with E-state index in [2.05, 4.69) is 0 Å². The first-order valence-electron chi connectivity index (χ1n) is 9.52. The Kier molecular flexibility index (Phi) is 4.60. The van der Waals surface area contributed by atoms with Gasteiger partial charge in [0.2, 0.25) is 11.8 Å². The molecule has 4 rings (SSSR count). The molecule has 2 fully saturated rings. The van der Waals surface area contributed by atoms with Gasteiger partial charge in [0, 0.05) is 7.05 Å². The van der Waals surface area contributed by atoms with Gasteiger partial charge in [0.25, 0.3) is 0 Å². The molecule has 7 nitrogen and oxygen atoms in total. The predicted octanol–water partition coefficient (Wildman–Crippen LogP) is 1.03. The van der Waals surface area contributed by atoms with Crippen molar-refractivity contribution in [2.75, 3.05) is 13.7 Å². The lowest BCUT2D eigenvalue weighted by Gasteiger charge is -2.42. The zero-order valence-corrected chi connectivity index (χ0v) is 16.2. The highest BCUT2D eigenvalue weighted by Gasteiger charge is 2.56. The van der Waals surface area contributed by atoms with Gasteiger partial charge in [0.1, 0.15) is 5.75 Å². The highest BCUT2D eigenvalue weighted by atomic mass is 16.5. The molecule has 1 aromatic rings. The Morgan fingerprint density at radius 1 is 1.18 bits per heavy atom. The number of benzene rings is 1. The SMILES string of the molecule is Cc1cc([C@@H]2C[C@@H]3C(=C(CO)C[C@@H]4C(=O)N(C)C(=O)[C@@H]43)B(O)O2)cc(C)c1O. The number of hydrogen-bond acceptors (Lipinski definition) is 6. The largest absolute Gasteiger partial charge is 0.507 e. The van der Waals surface area contributed by atoms with Gasteiger partial charge in [-0.3, -0.25) is 14.5 Å². The summed E-state index contributed by atoms with van der Waals surface area (Å²) in [5.74, 6) is -1.65. The molecular weight excluding hydrogens is 361 g/mol. The van der Waals surface area contributed by atoms with Crippen LogP contribution in [0.3, 0.4) is 0 Å². The molecule has 3 N–H and O–H groups in total. The highest BCUT2D eigenvalue weighted by Crippen LogP contribution is 2.51. The number of aryl methyl sites for hydroxylation is 2. The van der Waals surface area contributed by atoms with Crippen molar-refractivity contribution in [3.63, 3.8) is 0 Å². The number of fused-ring (bicyclic) bond motifs is 3. The number of carbonyl (C=O) groups excluding carboxylic acids is 2. The third-order valence-electron chi connectivity index (χ3n) is 6.51. The van der Waals surface area contributed by atoms with Crippen LogP contribution in [0.2, 0.25) is 0 Å². The van der Waals surface area contributed by atoms with Crippen LogP contribution < -0.4 is 0 Å². The van der Waals surface area contributed by atoms with E-state index in [4.69, 9.17) is 4.65 Å². The number of phenolic OH excluding ortho intramolecular Hbond substituents is 1. The Morgan fingerprint density at radius 3 is 2.43 bits per heavy atom. The molecule has 3 aliphatic rings. The Morgan fingerprint density at radius 2 is 1.82 bits per heavy atom. The third kappa shape index (κ3) is 2.70. The molecule has 2 saturated heterocycles. The van der Waals surface area contributed by atoms with E-state index in [1.807, 2.05) is 12.1 Å². The maximum Gasteiger partial charge on any atom is 0.487 e. The van der Waals surface area contributed by atoms with Crippen molar-refractivity contribution in [3.05, 3.63) is 39.9 Å². The molecule has 0 radical (unpaired) electrons. The molecule has 1 aliphatic carbocycles. The summed E-state index contributed by atoms with van der Waals surface area (Å²) in [4.78, 5) is 26.5. The first kappa shape index (κ1) is 19.2. The highest BCUT2D eigenvalue weighted by molar-refractivity contribution is 6.53. The first-order chi connectivity index (χ1) is 13.2. The Balaban J connectivity index is 1.76. The van der Waals surface area contributed by atoms with E-state index in [0.717, 1.165) is 5.56 Å². The minimum atomic E-state index is -1.24. The third-order valence-corrected chi connectivity index (χ3v) is 6.51. The van der Waals surface area contributed by atoms with Gasteiger partial charge < -0.3 is 19.9 Å². The van der Waals surface area contributed by atoms with Crippen molar-refractivity contribution < 1.29 is 29.5 Å². The van der Waals surface area contributed by atoms with Crippen LogP contribution in [-0.2, 0) is 14.2 Å². The summed E-state index contributed by atoms with van der Waals surface area (Å²) in [5, 5.41) is 30.6. The summed E-state index contributed by atoms with van der Waals surface area (Å²) in [5.41, 5.74) is 3.36. The predicted molar refractivity (Wildman–Crippen MR) is 101 cm³/mol. The fourth-order valence-electron chi connectivity index (χ4n) is 5.10. The van der Waals surface area contributed by atoms with Crippen LogP contribution in [0.15, 0.2) is 23.2 Å². The molecule has 0 saturated carbocycles. The number of hydrogen-bond donors (Lipinski definition) is 3. The van der Waals surface area contributed by atoms with E-state index < -0.39 is 25.1 Å². The molecule has 1 aromatic carbocycles. The van der Waals surface area contributed by atoms with Gasteiger partial charge in [0.05, 0.1) is 24.5 Å². The van der Waals surface area contributed by atoms with E-state index in [1.165, 1.54) is 11.9 Å². The van der Waals surface area contributed by atoms with Crippen LogP contribution in [0.1, 0.15) is 35.6 Å². The molecule has 8 heteroatoms. The zero-order valence-electron chi connectivity index (χ0n) is 16.2. The Labute approximate surface area is 163 Å². The van der Waals surface area contributed by atoms with Crippen molar-refractivity contribution in [1.29, 1.82) is 0 Å². The Hall–Kier alpha value is -2.16. The van der Waals surface area contributed by atoms with E-state index in [1.54, 1.807) is 13.8 Å². The molecule has 28 heavy (non-hydrogen) atoms. The maximum atomic E-state index is 12.8. The average Bonchev–Trinajstić information content (AvgIpc) is 2.89. The number of aliphatic hydroxyl groups excluding tert-OH is 1. The van der Waals surface area contributed by atoms with Gasteiger partial charge in [-0.2, -0.15) is 0 Å². The van der Waals surface area contributed by atoms with E-state index in [0.29, 0.717) is 28.6 Å². The number of allylic oxidation sites excluding steroid dienone is 1. The van der Waals surface area contributed by atoms with Crippen LogP contribution >= 0.6 is 0 Å². The number of carbonyl (C=O) groups is 2. The first-order valence-corrected chi connectivity index (χ1v) is 9.52. The number of likely N-dealkylation sites (tertiary alicyclic amines) is 1. The van der Waals surface area contributed by atoms with E-state index in [-0.39, 0.29) is 36.5 Å². The second-order valence-corrected chi connectivity index (χ2v) is 8.11. The van der Waals surface area contributed by atoms with Gasteiger partial charge in [-0.15, -0.1) is 0 Å². The Bertz CT molecular complexity index is 874. The number of imide groups is 1. The molecule has 0 unspecified atom stereocenters. The molecule has 2 amide bonds. The smallest absolute Gasteiger partial charge is 0.487 e. The maximum absolute atomic E-state index is 12.8. The number of aromatic hydroxyl groups is 1. The number of nitrogens with zero attached hydrogens (tertiary/aromatic N) is 1. The zero-order chi connectivity index (χ0) is 20.3. The van der Waals surface area contributed by atoms with Crippen molar-refractivity contribution >= 4 is 18.9 Å². The summed E-state index contributed by atoms with van der Waals surface area (Å²) < 4.78 is 5.86. The lowest BCUT2D eigenvalue weighted by atomic mass is 9.55. The standard InChI is InChI=1S/C20H24BNO6/c1-9-4-11(5-10(2)18(9)24)15-7-13-16-14(19(25)22(3)20(16)26)6-12(8-23)17(13)21(27)28-15/h4-5,13-16,23-24,27H,6-8H2,1-3H3/t13-,14-,15-,16+/m0/s1. The summed E-state index contributed by atoms with van der Waals surface area (Å²) in [6, 6.07) is 3.63.